The molecule has 3 rings (SSSR count). The zero-order chi connectivity index (χ0) is 12.5. The molecular formula is C13H11FN4. The molecule has 5 heteroatoms. The first kappa shape index (κ1) is 10.7. The minimum atomic E-state index is -0.232. The number of anilines is 1. The van der Waals surface area contributed by atoms with Crippen molar-refractivity contribution in [2.75, 3.05) is 5.73 Å². The first-order chi connectivity index (χ1) is 8.74. The van der Waals surface area contributed by atoms with Crippen molar-refractivity contribution in [2.24, 2.45) is 0 Å². The average Bonchev–Trinajstić information content (AvgIpc) is 2.74. The molecule has 1 aromatic carbocycles. The van der Waals surface area contributed by atoms with Gasteiger partial charge in [0, 0.05) is 24.4 Å². The Balaban J connectivity index is 2.03. The van der Waals surface area contributed by atoms with Crippen LogP contribution in [0.15, 0.2) is 42.6 Å². The minimum absolute atomic E-state index is 0.232. The van der Waals surface area contributed by atoms with Crippen molar-refractivity contribution in [1.82, 2.24) is 14.6 Å². The van der Waals surface area contributed by atoms with Gasteiger partial charge in [0.2, 0.25) is 0 Å². The molecular weight excluding hydrogens is 231 g/mol. The SMILES string of the molecule is Nc1ccn2c(Cc3ccccc3F)nnc2c1. The third kappa shape index (κ3) is 1.79. The molecule has 2 aromatic heterocycles. The first-order valence-electron chi connectivity index (χ1n) is 5.56. The number of aromatic nitrogens is 3. The summed E-state index contributed by atoms with van der Waals surface area (Å²) in [5, 5.41) is 8.08. The quantitative estimate of drug-likeness (QED) is 0.748. The minimum Gasteiger partial charge on any atom is -0.399 e. The number of rotatable bonds is 2. The Kier molecular flexibility index (Phi) is 2.44. The molecule has 90 valence electrons. The summed E-state index contributed by atoms with van der Waals surface area (Å²) in [6.07, 6.45) is 2.19. The summed E-state index contributed by atoms with van der Waals surface area (Å²) in [4.78, 5) is 0. The van der Waals surface area contributed by atoms with E-state index in [-0.39, 0.29) is 5.82 Å². The summed E-state index contributed by atoms with van der Waals surface area (Å²) in [7, 11) is 0. The topological polar surface area (TPSA) is 56.2 Å². The molecule has 0 fully saturated rings. The van der Waals surface area contributed by atoms with Crippen molar-refractivity contribution >= 4 is 11.3 Å². The number of nitrogens with zero attached hydrogens (tertiary/aromatic N) is 3. The summed E-state index contributed by atoms with van der Waals surface area (Å²) >= 11 is 0. The van der Waals surface area contributed by atoms with E-state index in [2.05, 4.69) is 10.2 Å². The highest BCUT2D eigenvalue weighted by Gasteiger charge is 2.09. The Hall–Kier alpha value is -2.43. The van der Waals surface area contributed by atoms with Crippen LogP contribution in [-0.2, 0) is 6.42 Å². The monoisotopic (exact) mass is 242 g/mol. The first-order valence-corrected chi connectivity index (χ1v) is 5.56. The van der Waals surface area contributed by atoms with Gasteiger partial charge in [-0.05, 0) is 17.7 Å². The van der Waals surface area contributed by atoms with E-state index >= 15 is 0 Å². The van der Waals surface area contributed by atoms with Gasteiger partial charge in [-0.2, -0.15) is 0 Å². The van der Waals surface area contributed by atoms with Crippen molar-refractivity contribution in [3.8, 4) is 0 Å². The average molecular weight is 242 g/mol. The van der Waals surface area contributed by atoms with E-state index in [1.165, 1.54) is 6.07 Å². The molecule has 0 unspecified atom stereocenters. The van der Waals surface area contributed by atoms with Crippen LogP contribution in [0.3, 0.4) is 0 Å². The molecule has 0 aliphatic heterocycles. The third-order valence-electron chi connectivity index (χ3n) is 2.81. The predicted octanol–water partition coefficient (Wildman–Crippen LogP) is 2.04. The number of benzene rings is 1. The second-order valence-corrected chi connectivity index (χ2v) is 4.07. The number of halogens is 1. The third-order valence-corrected chi connectivity index (χ3v) is 2.81. The lowest BCUT2D eigenvalue weighted by Gasteiger charge is -2.02. The van der Waals surface area contributed by atoms with Crippen molar-refractivity contribution in [2.45, 2.75) is 6.42 Å². The van der Waals surface area contributed by atoms with Gasteiger partial charge in [0.15, 0.2) is 5.65 Å². The number of hydrogen-bond acceptors (Lipinski definition) is 3. The molecule has 0 radical (unpaired) electrons. The standard InChI is InChI=1S/C13H11FN4/c14-11-4-2-1-3-9(11)7-12-16-17-13-8-10(15)5-6-18(12)13/h1-6,8H,7,15H2. The molecule has 0 saturated heterocycles. The second kappa shape index (κ2) is 4.10. The Morgan fingerprint density at radius 3 is 2.83 bits per heavy atom. The summed E-state index contributed by atoms with van der Waals surface area (Å²) in [6.45, 7) is 0. The van der Waals surface area contributed by atoms with Crippen LogP contribution >= 0.6 is 0 Å². The lowest BCUT2D eigenvalue weighted by atomic mass is 10.1. The fourth-order valence-electron chi connectivity index (χ4n) is 1.89. The van der Waals surface area contributed by atoms with Gasteiger partial charge in [-0.3, -0.25) is 4.40 Å². The number of nitrogen functional groups attached to an aromatic ring is 1. The Labute approximate surface area is 103 Å². The molecule has 0 aliphatic rings. The van der Waals surface area contributed by atoms with E-state index in [1.807, 2.05) is 4.40 Å². The highest BCUT2D eigenvalue weighted by atomic mass is 19.1. The van der Waals surface area contributed by atoms with Crippen LogP contribution in [0, 0.1) is 5.82 Å². The predicted molar refractivity (Wildman–Crippen MR) is 66.6 cm³/mol. The fraction of sp³-hybridized carbons (Fsp3) is 0.0769. The lowest BCUT2D eigenvalue weighted by Crippen LogP contribution is -1.98. The molecule has 0 amide bonds. The molecule has 0 saturated carbocycles. The van der Waals surface area contributed by atoms with Crippen molar-refractivity contribution in [3.05, 3.63) is 59.8 Å². The summed E-state index contributed by atoms with van der Waals surface area (Å²) < 4.78 is 15.4. The van der Waals surface area contributed by atoms with Gasteiger partial charge in [-0.15, -0.1) is 10.2 Å². The molecule has 18 heavy (non-hydrogen) atoms. The Morgan fingerprint density at radius 2 is 2.00 bits per heavy atom. The van der Waals surface area contributed by atoms with Gasteiger partial charge < -0.3 is 5.73 Å². The van der Waals surface area contributed by atoms with E-state index in [4.69, 9.17) is 5.73 Å². The second-order valence-electron chi connectivity index (χ2n) is 4.07. The molecule has 4 nitrogen and oxygen atoms in total. The zero-order valence-electron chi connectivity index (χ0n) is 9.55. The van der Waals surface area contributed by atoms with Gasteiger partial charge in [-0.25, -0.2) is 4.39 Å². The van der Waals surface area contributed by atoms with Gasteiger partial charge in [0.1, 0.15) is 11.6 Å². The van der Waals surface area contributed by atoms with Gasteiger partial charge in [0.05, 0.1) is 0 Å². The molecule has 3 aromatic rings. The molecule has 0 atom stereocenters. The van der Waals surface area contributed by atoms with Crippen molar-refractivity contribution < 1.29 is 4.39 Å². The molecule has 0 spiro atoms. The molecule has 0 bridgehead atoms. The molecule has 0 aliphatic carbocycles. The Morgan fingerprint density at radius 1 is 1.17 bits per heavy atom. The lowest BCUT2D eigenvalue weighted by molar-refractivity contribution is 0.611. The van der Waals surface area contributed by atoms with Crippen LogP contribution in [0.2, 0.25) is 0 Å². The van der Waals surface area contributed by atoms with Crippen LogP contribution in [0.1, 0.15) is 11.4 Å². The van der Waals surface area contributed by atoms with Crippen LogP contribution in [0.4, 0.5) is 10.1 Å². The number of pyridine rings is 1. The van der Waals surface area contributed by atoms with Crippen LogP contribution in [0.25, 0.3) is 5.65 Å². The smallest absolute Gasteiger partial charge is 0.162 e. The normalized spacial score (nSPS) is 10.9. The summed E-state index contributed by atoms with van der Waals surface area (Å²) in [6, 6.07) is 10.2. The highest BCUT2D eigenvalue weighted by molar-refractivity contribution is 5.51. The highest BCUT2D eigenvalue weighted by Crippen LogP contribution is 2.14. The Bertz CT molecular complexity index is 705. The van der Waals surface area contributed by atoms with E-state index in [1.54, 1.807) is 36.5 Å². The fourth-order valence-corrected chi connectivity index (χ4v) is 1.89. The molecule has 2 heterocycles. The van der Waals surface area contributed by atoms with Gasteiger partial charge in [-0.1, -0.05) is 18.2 Å². The maximum Gasteiger partial charge on any atom is 0.162 e. The summed E-state index contributed by atoms with van der Waals surface area (Å²) in [5.41, 5.74) is 7.57. The van der Waals surface area contributed by atoms with E-state index in [0.717, 1.165) is 0 Å². The van der Waals surface area contributed by atoms with Gasteiger partial charge >= 0.3 is 0 Å². The van der Waals surface area contributed by atoms with Crippen LogP contribution in [-0.4, -0.2) is 14.6 Å². The largest absolute Gasteiger partial charge is 0.399 e. The zero-order valence-corrected chi connectivity index (χ0v) is 9.55. The van der Waals surface area contributed by atoms with E-state index < -0.39 is 0 Å². The van der Waals surface area contributed by atoms with Crippen molar-refractivity contribution in [3.63, 3.8) is 0 Å². The maximum atomic E-state index is 13.6. The number of nitrogens with two attached hydrogens (primary N) is 1. The van der Waals surface area contributed by atoms with Crippen LogP contribution < -0.4 is 5.73 Å². The molecule has 2 N–H and O–H groups in total. The van der Waals surface area contributed by atoms with Crippen molar-refractivity contribution in [1.29, 1.82) is 0 Å². The van der Waals surface area contributed by atoms with E-state index in [9.17, 15) is 4.39 Å². The summed E-state index contributed by atoms with van der Waals surface area (Å²) in [5.74, 6) is 0.458. The van der Waals surface area contributed by atoms with E-state index in [0.29, 0.717) is 29.1 Å². The maximum absolute atomic E-state index is 13.6. The number of hydrogen-bond donors (Lipinski definition) is 1. The van der Waals surface area contributed by atoms with Gasteiger partial charge in [0.25, 0.3) is 0 Å². The number of fused-ring (bicyclic) bond motifs is 1. The van der Waals surface area contributed by atoms with Crippen LogP contribution in [0.5, 0.6) is 0 Å².